The van der Waals surface area contributed by atoms with Gasteiger partial charge in [-0.3, -0.25) is 9.09 Å². The average Bonchev–Trinajstić information content (AvgIpc) is 3.27. The first kappa shape index (κ1) is 22.8. The van der Waals surface area contributed by atoms with E-state index in [0.717, 1.165) is 0 Å². The third-order valence-corrected chi connectivity index (χ3v) is 5.80. The quantitative estimate of drug-likeness (QED) is 0.199. The van der Waals surface area contributed by atoms with Crippen LogP contribution in [0.4, 0.5) is 11.5 Å². The second-order valence-corrected chi connectivity index (χ2v) is 8.69. The van der Waals surface area contributed by atoms with E-state index in [-0.39, 0.29) is 6.54 Å². The molecule has 0 aliphatic carbocycles. The highest BCUT2D eigenvalue weighted by molar-refractivity contribution is 7.46. The molecule has 0 saturated carbocycles. The molecule has 1 aromatic carbocycles. The number of hydrogen-bond donors (Lipinski definition) is 6. The average molecular weight is 487 g/mol. The van der Waals surface area contributed by atoms with Gasteiger partial charge in [-0.2, -0.15) is 0 Å². The van der Waals surface area contributed by atoms with Gasteiger partial charge in [-0.15, -0.1) is 0 Å². The minimum absolute atomic E-state index is 0.271. The van der Waals surface area contributed by atoms with E-state index in [9.17, 15) is 14.8 Å². The summed E-state index contributed by atoms with van der Waals surface area (Å²) in [7, 11) is -4.77. The summed E-state index contributed by atoms with van der Waals surface area (Å²) in [4.78, 5) is 30.3. The van der Waals surface area contributed by atoms with E-state index in [2.05, 4.69) is 24.8 Å². The van der Waals surface area contributed by atoms with Crippen LogP contribution in [0.25, 0.3) is 11.2 Å². The number of benzene rings is 1. The molecule has 3 heterocycles. The molecule has 1 fully saturated rings. The number of nitrogens with two attached hydrogens (primary N) is 1. The molecule has 32 heavy (non-hydrogen) atoms. The molecule has 172 valence electrons. The minimum Gasteiger partial charge on any atom is -0.398 e. The zero-order valence-corrected chi connectivity index (χ0v) is 18.0. The third-order valence-electron chi connectivity index (χ3n) is 4.96. The van der Waals surface area contributed by atoms with Crippen molar-refractivity contribution in [2.24, 2.45) is 0 Å². The standard InChI is InChI=1S/C17H20ClN6O7P/c18-9-2-1-3-10(19)8(9)4-20-15-12-16(22-6-21-15)24(7-23-12)17-14(26)13(25)11(31-17)5-30-32(27,28)29/h1-3,6-7,11,13-14,17,25-26H,4-5,19H2,(H,20,21,22)(H2,27,28,29)/t11-,13-,14-,17-/m1/s1. The van der Waals surface area contributed by atoms with Crippen molar-refractivity contribution in [1.29, 1.82) is 0 Å². The van der Waals surface area contributed by atoms with E-state index in [4.69, 9.17) is 31.9 Å². The Hall–Kier alpha value is -2.35. The molecule has 0 radical (unpaired) electrons. The number of imidazole rings is 1. The Morgan fingerprint density at radius 2 is 2.03 bits per heavy atom. The van der Waals surface area contributed by atoms with Crippen molar-refractivity contribution < 1.29 is 33.8 Å². The number of rotatable bonds is 7. The molecule has 1 saturated heterocycles. The minimum atomic E-state index is -4.77. The fourth-order valence-corrected chi connectivity index (χ4v) is 3.96. The summed E-state index contributed by atoms with van der Waals surface area (Å²) in [6.45, 7) is -0.347. The molecule has 13 nitrogen and oxygen atoms in total. The van der Waals surface area contributed by atoms with Crippen molar-refractivity contribution in [2.45, 2.75) is 31.1 Å². The highest BCUT2D eigenvalue weighted by Gasteiger charge is 2.45. The molecule has 0 unspecified atom stereocenters. The van der Waals surface area contributed by atoms with Gasteiger partial charge in [-0.05, 0) is 12.1 Å². The van der Waals surface area contributed by atoms with Crippen LogP contribution >= 0.6 is 19.4 Å². The molecule has 0 bridgehead atoms. The maximum atomic E-state index is 10.9. The lowest BCUT2D eigenvalue weighted by Crippen LogP contribution is -2.33. The molecule has 3 aromatic rings. The number of anilines is 2. The zero-order chi connectivity index (χ0) is 23.0. The topological polar surface area (TPSA) is 198 Å². The van der Waals surface area contributed by atoms with Gasteiger partial charge in [-0.1, -0.05) is 17.7 Å². The number of aromatic nitrogens is 4. The van der Waals surface area contributed by atoms with E-state index in [1.165, 1.54) is 17.2 Å². The number of ether oxygens (including phenoxy) is 1. The van der Waals surface area contributed by atoms with Gasteiger partial charge >= 0.3 is 7.82 Å². The molecule has 1 aliphatic heterocycles. The van der Waals surface area contributed by atoms with Crippen LogP contribution in [0.1, 0.15) is 11.8 Å². The first-order valence-corrected chi connectivity index (χ1v) is 11.2. The molecule has 1 aliphatic rings. The largest absolute Gasteiger partial charge is 0.469 e. The van der Waals surface area contributed by atoms with Crippen LogP contribution in [0, 0.1) is 0 Å². The maximum absolute atomic E-state index is 10.9. The van der Waals surface area contributed by atoms with E-state index < -0.39 is 39.0 Å². The molecule has 15 heteroatoms. The lowest BCUT2D eigenvalue weighted by Gasteiger charge is -2.16. The smallest absolute Gasteiger partial charge is 0.398 e. The second-order valence-electron chi connectivity index (χ2n) is 7.04. The molecule has 2 aromatic heterocycles. The van der Waals surface area contributed by atoms with Crippen LogP contribution in [0.5, 0.6) is 0 Å². The van der Waals surface area contributed by atoms with Gasteiger partial charge in [0.1, 0.15) is 24.6 Å². The van der Waals surface area contributed by atoms with Crippen LogP contribution in [0.2, 0.25) is 5.02 Å². The van der Waals surface area contributed by atoms with Crippen molar-refractivity contribution >= 4 is 42.1 Å². The van der Waals surface area contributed by atoms with Crippen molar-refractivity contribution in [3.63, 3.8) is 0 Å². The predicted octanol–water partition coefficient (Wildman–Crippen LogP) is 0.402. The molecular formula is C17H20ClN6O7P. The van der Waals surface area contributed by atoms with Crippen molar-refractivity contribution in [2.75, 3.05) is 17.7 Å². The number of phosphoric ester groups is 1. The second kappa shape index (κ2) is 8.89. The Kier molecular flexibility index (Phi) is 6.34. The van der Waals surface area contributed by atoms with E-state index >= 15 is 0 Å². The van der Waals surface area contributed by atoms with Crippen LogP contribution in [-0.2, 0) is 20.4 Å². The maximum Gasteiger partial charge on any atom is 0.469 e. The van der Waals surface area contributed by atoms with Crippen LogP contribution < -0.4 is 11.1 Å². The molecule has 0 amide bonds. The van der Waals surface area contributed by atoms with E-state index in [1.54, 1.807) is 18.2 Å². The highest BCUT2D eigenvalue weighted by atomic mass is 35.5. The summed E-state index contributed by atoms with van der Waals surface area (Å²) in [6, 6.07) is 5.19. The van der Waals surface area contributed by atoms with Gasteiger partial charge in [0.05, 0.1) is 12.9 Å². The van der Waals surface area contributed by atoms with Crippen molar-refractivity contribution in [3.8, 4) is 0 Å². The van der Waals surface area contributed by atoms with Crippen molar-refractivity contribution in [3.05, 3.63) is 41.4 Å². The summed E-state index contributed by atoms with van der Waals surface area (Å²) < 4.78 is 22.3. The summed E-state index contributed by atoms with van der Waals surface area (Å²) in [5, 5.41) is 24.2. The Balaban J connectivity index is 1.56. The predicted molar refractivity (Wildman–Crippen MR) is 112 cm³/mol. The SMILES string of the molecule is Nc1cccc(Cl)c1CNc1ncnc2c1ncn2[C@@H]1O[C@H](COP(=O)(O)O)[C@@H](O)[C@H]1O. The number of halogens is 1. The monoisotopic (exact) mass is 486 g/mol. The normalized spacial score (nSPS) is 23.7. The summed E-state index contributed by atoms with van der Waals surface area (Å²) in [5.74, 6) is 0.377. The van der Waals surface area contributed by atoms with Gasteiger partial charge in [0.2, 0.25) is 0 Å². The fourth-order valence-electron chi connectivity index (χ4n) is 3.37. The van der Waals surface area contributed by atoms with Gasteiger partial charge < -0.3 is 35.8 Å². The van der Waals surface area contributed by atoms with Crippen molar-refractivity contribution in [1.82, 2.24) is 19.5 Å². The number of phosphoric acid groups is 1. The first-order chi connectivity index (χ1) is 15.2. The Labute approximate surface area is 186 Å². The molecule has 4 rings (SSSR count). The Bertz CT molecular complexity index is 1150. The zero-order valence-electron chi connectivity index (χ0n) is 16.3. The summed E-state index contributed by atoms with van der Waals surface area (Å²) in [6.07, 6.45) is -2.55. The number of nitrogens with one attached hydrogen (secondary N) is 1. The highest BCUT2D eigenvalue weighted by Crippen LogP contribution is 2.39. The van der Waals surface area contributed by atoms with E-state index in [0.29, 0.717) is 33.3 Å². The van der Waals surface area contributed by atoms with Gasteiger partial charge in [0, 0.05) is 22.8 Å². The number of aliphatic hydroxyl groups is 2. The number of nitrogens with zero attached hydrogens (tertiary/aromatic N) is 4. The number of hydrogen-bond acceptors (Lipinski definition) is 10. The summed E-state index contributed by atoms with van der Waals surface area (Å²) >= 11 is 6.20. The number of aliphatic hydroxyl groups excluding tert-OH is 2. The lowest BCUT2D eigenvalue weighted by atomic mass is 10.1. The third kappa shape index (κ3) is 4.56. The first-order valence-electron chi connectivity index (χ1n) is 9.31. The van der Waals surface area contributed by atoms with Gasteiger partial charge in [0.25, 0.3) is 0 Å². The lowest BCUT2D eigenvalue weighted by molar-refractivity contribution is -0.0504. The molecular weight excluding hydrogens is 467 g/mol. The van der Waals surface area contributed by atoms with E-state index in [1.807, 2.05) is 0 Å². The van der Waals surface area contributed by atoms with Crippen LogP contribution in [0.15, 0.2) is 30.9 Å². The Morgan fingerprint density at radius 1 is 1.25 bits per heavy atom. The molecule has 7 N–H and O–H groups in total. The van der Waals surface area contributed by atoms with Crippen LogP contribution in [0.3, 0.4) is 0 Å². The summed E-state index contributed by atoms with van der Waals surface area (Å²) in [5.41, 5.74) is 7.83. The molecule has 4 atom stereocenters. The van der Waals surface area contributed by atoms with Crippen LogP contribution in [-0.4, -0.2) is 64.4 Å². The van der Waals surface area contributed by atoms with Gasteiger partial charge in [0.15, 0.2) is 23.2 Å². The fraction of sp³-hybridized carbons (Fsp3) is 0.353. The molecule has 0 spiro atoms. The van der Waals surface area contributed by atoms with Gasteiger partial charge in [-0.25, -0.2) is 19.5 Å². The Morgan fingerprint density at radius 3 is 2.75 bits per heavy atom. The number of fused-ring (bicyclic) bond motifs is 1. The number of nitrogen functional groups attached to an aromatic ring is 1.